The van der Waals surface area contributed by atoms with E-state index in [4.69, 9.17) is 4.74 Å². The predicted molar refractivity (Wildman–Crippen MR) is 85.6 cm³/mol. The maximum absolute atomic E-state index is 11.2. The number of aromatic nitrogens is 2. The second-order valence-corrected chi connectivity index (χ2v) is 4.92. The first-order valence-corrected chi connectivity index (χ1v) is 7.49. The number of nitrogens with zero attached hydrogens (tertiary/aromatic N) is 2. The normalized spacial score (nSPS) is 10.3. The van der Waals surface area contributed by atoms with Crippen LogP contribution in [0.15, 0.2) is 36.5 Å². The molecule has 5 nitrogen and oxygen atoms in total. The standard InChI is InChI=1S/C17H21N3O2/c1-3-22-17(21)18-11-7-10-15-12-19-16(20-13(15)2)14-8-5-4-6-9-14/h4-6,8-9,12H,3,7,10-11H2,1-2H3,(H,18,21). The van der Waals surface area contributed by atoms with Crippen molar-refractivity contribution in [2.75, 3.05) is 13.2 Å². The van der Waals surface area contributed by atoms with Crippen LogP contribution >= 0.6 is 0 Å². The van der Waals surface area contributed by atoms with Gasteiger partial charge >= 0.3 is 6.09 Å². The van der Waals surface area contributed by atoms with Crippen molar-refractivity contribution < 1.29 is 9.53 Å². The van der Waals surface area contributed by atoms with E-state index >= 15 is 0 Å². The average Bonchev–Trinajstić information content (AvgIpc) is 2.54. The second-order valence-electron chi connectivity index (χ2n) is 4.92. The SMILES string of the molecule is CCOC(=O)NCCCc1cnc(-c2ccccc2)nc1C. The fourth-order valence-corrected chi connectivity index (χ4v) is 2.12. The van der Waals surface area contributed by atoms with Crippen LogP contribution in [0.1, 0.15) is 24.6 Å². The molecule has 1 aromatic heterocycles. The minimum Gasteiger partial charge on any atom is -0.450 e. The van der Waals surface area contributed by atoms with Gasteiger partial charge in [0.1, 0.15) is 0 Å². The molecular weight excluding hydrogens is 278 g/mol. The van der Waals surface area contributed by atoms with Gasteiger partial charge in [-0.1, -0.05) is 30.3 Å². The number of hydrogen-bond acceptors (Lipinski definition) is 4. The third kappa shape index (κ3) is 4.55. The maximum atomic E-state index is 11.2. The lowest BCUT2D eigenvalue weighted by Crippen LogP contribution is -2.25. The molecule has 0 unspecified atom stereocenters. The van der Waals surface area contributed by atoms with Gasteiger partial charge in [0.25, 0.3) is 0 Å². The number of carbonyl (C=O) groups excluding carboxylic acids is 1. The van der Waals surface area contributed by atoms with Gasteiger partial charge < -0.3 is 10.1 Å². The molecule has 0 aliphatic rings. The van der Waals surface area contributed by atoms with Gasteiger partial charge in [-0.3, -0.25) is 0 Å². The fraction of sp³-hybridized carbons (Fsp3) is 0.353. The topological polar surface area (TPSA) is 64.1 Å². The van der Waals surface area contributed by atoms with Crippen LogP contribution < -0.4 is 5.32 Å². The van der Waals surface area contributed by atoms with Crippen molar-refractivity contribution >= 4 is 6.09 Å². The van der Waals surface area contributed by atoms with Gasteiger partial charge in [0.2, 0.25) is 0 Å². The lowest BCUT2D eigenvalue weighted by molar-refractivity contribution is 0.152. The molecule has 0 aliphatic carbocycles. The minimum absolute atomic E-state index is 0.366. The molecule has 2 aromatic rings. The molecule has 0 atom stereocenters. The second kappa shape index (κ2) is 8.12. The van der Waals surface area contributed by atoms with Crippen molar-refractivity contribution in [3.63, 3.8) is 0 Å². The first-order chi connectivity index (χ1) is 10.7. The zero-order valence-corrected chi connectivity index (χ0v) is 13.0. The number of rotatable bonds is 6. The van der Waals surface area contributed by atoms with E-state index < -0.39 is 0 Å². The molecule has 0 fully saturated rings. The Morgan fingerprint density at radius 3 is 2.73 bits per heavy atom. The Labute approximate surface area is 130 Å². The summed E-state index contributed by atoms with van der Waals surface area (Å²) >= 11 is 0. The van der Waals surface area contributed by atoms with Gasteiger partial charge in [-0.15, -0.1) is 0 Å². The van der Waals surface area contributed by atoms with Crippen molar-refractivity contribution in [1.29, 1.82) is 0 Å². The Kier molecular flexibility index (Phi) is 5.89. The Bertz CT molecular complexity index is 615. The first kappa shape index (κ1) is 15.9. The summed E-state index contributed by atoms with van der Waals surface area (Å²) in [6.45, 7) is 4.75. The molecule has 0 spiro atoms. The Morgan fingerprint density at radius 1 is 1.27 bits per heavy atom. The van der Waals surface area contributed by atoms with E-state index in [9.17, 15) is 4.79 Å². The number of ether oxygens (including phenoxy) is 1. The molecule has 1 amide bonds. The van der Waals surface area contributed by atoms with E-state index in [2.05, 4.69) is 15.3 Å². The summed E-state index contributed by atoms with van der Waals surface area (Å²) in [6, 6.07) is 9.92. The lowest BCUT2D eigenvalue weighted by Gasteiger charge is -2.08. The number of nitrogens with one attached hydrogen (secondary N) is 1. The van der Waals surface area contributed by atoms with Crippen molar-refractivity contribution in [2.24, 2.45) is 0 Å². The highest BCUT2D eigenvalue weighted by Crippen LogP contribution is 2.16. The maximum Gasteiger partial charge on any atom is 0.407 e. The molecule has 5 heteroatoms. The summed E-state index contributed by atoms with van der Waals surface area (Å²) < 4.78 is 4.81. The average molecular weight is 299 g/mol. The number of alkyl carbamates (subject to hydrolysis) is 1. The van der Waals surface area contributed by atoms with Crippen LogP contribution in [0.2, 0.25) is 0 Å². The zero-order chi connectivity index (χ0) is 15.8. The van der Waals surface area contributed by atoms with Gasteiger partial charge in [0.05, 0.1) is 6.61 Å². The van der Waals surface area contributed by atoms with Crippen LogP contribution in [-0.4, -0.2) is 29.2 Å². The number of amides is 1. The van der Waals surface area contributed by atoms with Crippen LogP contribution in [0, 0.1) is 6.92 Å². The van der Waals surface area contributed by atoms with Gasteiger partial charge in [-0.05, 0) is 32.3 Å². The summed E-state index contributed by atoms with van der Waals surface area (Å²) in [5.74, 6) is 0.742. The van der Waals surface area contributed by atoms with Crippen molar-refractivity contribution in [1.82, 2.24) is 15.3 Å². The highest BCUT2D eigenvalue weighted by atomic mass is 16.5. The van der Waals surface area contributed by atoms with Crippen molar-refractivity contribution in [3.05, 3.63) is 47.8 Å². The van der Waals surface area contributed by atoms with Gasteiger partial charge in [-0.2, -0.15) is 0 Å². The van der Waals surface area contributed by atoms with Crippen LogP contribution in [0.4, 0.5) is 4.79 Å². The molecule has 0 aliphatic heterocycles. The Balaban J connectivity index is 1.89. The summed E-state index contributed by atoms with van der Waals surface area (Å²) in [6.07, 6.45) is 3.16. The smallest absolute Gasteiger partial charge is 0.407 e. The summed E-state index contributed by atoms with van der Waals surface area (Å²) in [4.78, 5) is 20.2. The van der Waals surface area contributed by atoms with E-state index in [0.29, 0.717) is 13.2 Å². The number of hydrogen-bond donors (Lipinski definition) is 1. The molecule has 1 heterocycles. The summed E-state index contributed by atoms with van der Waals surface area (Å²) in [5, 5.41) is 2.71. The molecule has 0 saturated heterocycles. The number of benzene rings is 1. The molecule has 22 heavy (non-hydrogen) atoms. The third-order valence-electron chi connectivity index (χ3n) is 3.28. The molecule has 2 rings (SSSR count). The van der Waals surface area contributed by atoms with Gasteiger partial charge in [-0.25, -0.2) is 14.8 Å². The predicted octanol–water partition coefficient (Wildman–Crippen LogP) is 3.13. The van der Waals surface area contributed by atoms with Crippen LogP contribution in [-0.2, 0) is 11.2 Å². The Morgan fingerprint density at radius 2 is 2.05 bits per heavy atom. The summed E-state index contributed by atoms with van der Waals surface area (Å²) in [7, 11) is 0. The van der Waals surface area contributed by atoms with Crippen molar-refractivity contribution in [2.45, 2.75) is 26.7 Å². The van der Waals surface area contributed by atoms with E-state index in [1.165, 1.54) is 0 Å². The molecular formula is C17H21N3O2. The molecule has 0 bridgehead atoms. The quantitative estimate of drug-likeness (QED) is 0.832. The van der Waals surface area contributed by atoms with E-state index in [0.717, 1.165) is 35.5 Å². The first-order valence-electron chi connectivity index (χ1n) is 7.49. The molecule has 1 aromatic carbocycles. The largest absolute Gasteiger partial charge is 0.450 e. The van der Waals surface area contributed by atoms with E-state index in [1.807, 2.05) is 43.5 Å². The lowest BCUT2D eigenvalue weighted by atomic mass is 10.1. The zero-order valence-electron chi connectivity index (χ0n) is 13.0. The van der Waals surface area contributed by atoms with Crippen molar-refractivity contribution in [3.8, 4) is 11.4 Å². The van der Waals surface area contributed by atoms with Gasteiger partial charge in [0.15, 0.2) is 5.82 Å². The number of carbonyl (C=O) groups is 1. The molecule has 0 saturated carbocycles. The van der Waals surface area contributed by atoms with Crippen LogP contribution in [0.5, 0.6) is 0 Å². The van der Waals surface area contributed by atoms with Crippen LogP contribution in [0.25, 0.3) is 11.4 Å². The molecule has 116 valence electrons. The fourth-order valence-electron chi connectivity index (χ4n) is 2.12. The number of aryl methyl sites for hydroxylation is 2. The highest BCUT2D eigenvalue weighted by molar-refractivity contribution is 5.66. The van der Waals surface area contributed by atoms with Gasteiger partial charge in [0, 0.05) is 24.0 Å². The minimum atomic E-state index is -0.366. The summed E-state index contributed by atoms with van der Waals surface area (Å²) in [5.41, 5.74) is 3.09. The van der Waals surface area contributed by atoms with E-state index in [1.54, 1.807) is 6.92 Å². The molecule has 0 radical (unpaired) electrons. The highest BCUT2D eigenvalue weighted by Gasteiger charge is 2.06. The molecule has 1 N–H and O–H groups in total. The monoisotopic (exact) mass is 299 g/mol. The van der Waals surface area contributed by atoms with Crippen LogP contribution in [0.3, 0.4) is 0 Å². The third-order valence-corrected chi connectivity index (χ3v) is 3.28. The van der Waals surface area contributed by atoms with E-state index in [-0.39, 0.29) is 6.09 Å². The Hall–Kier alpha value is -2.43.